The number of anilines is 1. The van der Waals surface area contributed by atoms with Gasteiger partial charge in [0.1, 0.15) is 5.82 Å². The lowest BCUT2D eigenvalue weighted by atomic mass is 9.72. The van der Waals surface area contributed by atoms with Crippen LogP contribution in [-0.4, -0.2) is 10.1 Å². The smallest absolute Gasteiger partial charge is 0.388 e. The highest BCUT2D eigenvalue weighted by molar-refractivity contribution is 5.74. The van der Waals surface area contributed by atoms with E-state index >= 15 is 0 Å². The monoisotopic (exact) mass is 512 g/mol. The number of rotatable bonds is 5. The van der Waals surface area contributed by atoms with Crippen LogP contribution < -0.4 is 5.32 Å². The Bertz CT molecular complexity index is 1260. The van der Waals surface area contributed by atoms with Crippen LogP contribution in [0.3, 0.4) is 0 Å². The maximum absolute atomic E-state index is 13.9. The first-order chi connectivity index (χ1) is 17.5. The van der Waals surface area contributed by atoms with E-state index in [0.29, 0.717) is 18.7 Å². The first-order valence-corrected chi connectivity index (χ1v) is 12.9. The minimum absolute atomic E-state index is 0.105. The molecule has 3 nitrogen and oxygen atoms in total. The molecule has 37 heavy (non-hydrogen) atoms. The average molecular weight is 513 g/mol. The molecule has 5 rings (SSSR count). The summed E-state index contributed by atoms with van der Waals surface area (Å²) in [7, 11) is 0. The molecule has 0 radical (unpaired) electrons. The van der Waals surface area contributed by atoms with Crippen molar-refractivity contribution < 1.29 is 22.7 Å². The third-order valence-corrected chi connectivity index (χ3v) is 7.73. The molecule has 1 atom stereocenters. The fourth-order valence-electron chi connectivity index (χ4n) is 5.98. The molecule has 2 aromatic carbocycles. The number of aromatic nitrogens is 1. The van der Waals surface area contributed by atoms with E-state index in [1.165, 1.54) is 24.3 Å². The van der Waals surface area contributed by atoms with Crippen molar-refractivity contribution in [3.8, 4) is 11.1 Å². The highest BCUT2D eigenvalue weighted by Gasteiger charge is 2.37. The summed E-state index contributed by atoms with van der Waals surface area (Å²) >= 11 is 0. The second-order valence-electron chi connectivity index (χ2n) is 11.2. The summed E-state index contributed by atoms with van der Waals surface area (Å²) in [4.78, 5) is 5.18. The number of aliphatic hydroxyl groups excluding tert-OH is 1. The summed E-state index contributed by atoms with van der Waals surface area (Å²) in [5.41, 5.74) is 5.03. The number of nitrogens with one attached hydrogen (secondary N) is 1. The molecule has 7 heteroatoms. The average Bonchev–Trinajstić information content (AvgIpc) is 3.36. The molecule has 0 spiro atoms. The van der Waals surface area contributed by atoms with Gasteiger partial charge in [-0.15, -0.1) is 0 Å². The summed E-state index contributed by atoms with van der Waals surface area (Å²) < 4.78 is 53.0. The Balaban J connectivity index is 1.63. The van der Waals surface area contributed by atoms with E-state index in [1.807, 2.05) is 0 Å². The molecule has 196 valence electrons. The lowest BCUT2D eigenvalue weighted by molar-refractivity contribution is -0.137. The summed E-state index contributed by atoms with van der Waals surface area (Å²) in [5, 5.41) is 14.6. The lowest BCUT2D eigenvalue weighted by Gasteiger charge is -2.37. The van der Waals surface area contributed by atoms with Gasteiger partial charge >= 0.3 is 6.18 Å². The number of pyridine rings is 1. The van der Waals surface area contributed by atoms with E-state index in [4.69, 9.17) is 4.98 Å². The van der Waals surface area contributed by atoms with Gasteiger partial charge < -0.3 is 10.4 Å². The number of hydrogen-bond acceptors (Lipinski definition) is 3. The van der Waals surface area contributed by atoms with Crippen LogP contribution in [0.2, 0.25) is 0 Å². The van der Waals surface area contributed by atoms with Crippen LogP contribution in [0.4, 0.5) is 23.2 Å². The highest BCUT2D eigenvalue weighted by Crippen LogP contribution is 2.48. The summed E-state index contributed by atoms with van der Waals surface area (Å²) in [6, 6.07) is 11.3. The SMILES string of the molecule is CC1(C)Cc2nc(C3CCCC3)c(CNc3ccc(C(F)(F)F)cc3)c(-c3ccc(F)cc3)c2C(O)C1. The first-order valence-electron chi connectivity index (χ1n) is 12.9. The first kappa shape index (κ1) is 25.7. The minimum atomic E-state index is -4.39. The molecule has 1 heterocycles. The van der Waals surface area contributed by atoms with Gasteiger partial charge in [-0.1, -0.05) is 38.8 Å². The van der Waals surface area contributed by atoms with E-state index < -0.39 is 17.8 Å². The standard InChI is InChI=1S/C30H32F4N2O/c1-29(2)15-24-27(25(37)16-29)26(18-7-11-21(31)12-8-18)23(28(36-24)19-5-3-4-6-19)17-35-22-13-9-20(10-14-22)30(32,33)34/h7-14,19,25,35,37H,3-6,15-17H2,1-2H3. The number of halogens is 4. The van der Waals surface area contributed by atoms with Gasteiger partial charge in [0.2, 0.25) is 0 Å². The zero-order valence-electron chi connectivity index (χ0n) is 21.1. The van der Waals surface area contributed by atoms with E-state index in [9.17, 15) is 22.7 Å². The Morgan fingerprint density at radius 1 is 1.00 bits per heavy atom. The molecule has 2 N–H and O–H groups in total. The fourth-order valence-corrected chi connectivity index (χ4v) is 5.98. The second-order valence-corrected chi connectivity index (χ2v) is 11.2. The van der Waals surface area contributed by atoms with Crippen molar-refractivity contribution in [3.63, 3.8) is 0 Å². The highest BCUT2D eigenvalue weighted by atomic mass is 19.4. The predicted molar refractivity (Wildman–Crippen MR) is 137 cm³/mol. The van der Waals surface area contributed by atoms with Crippen molar-refractivity contribution in [3.05, 3.63) is 82.4 Å². The zero-order chi connectivity index (χ0) is 26.4. The van der Waals surface area contributed by atoms with Gasteiger partial charge in [-0.25, -0.2) is 4.39 Å². The van der Waals surface area contributed by atoms with Crippen molar-refractivity contribution in [1.29, 1.82) is 0 Å². The molecule has 1 fully saturated rings. The van der Waals surface area contributed by atoms with E-state index in [2.05, 4.69) is 19.2 Å². The summed E-state index contributed by atoms with van der Waals surface area (Å²) in [6.07, 6.45) is 0.501. The van der Waals surface area contributed by atoms with Crippen molar-refractivity contribution in [2.75, 3.05) is 5.32 Å². The van der Waals surface area contributed by atoms with Crippen molar-refractivity contribution >= 4 is 5.69 Å². The maximum Gasteiger partial charge on any atom is 0.416 e. The molecule has 2 aliphatic carbocycles. The van der Waals surface area contributed by atoms with Gasteiger partial charge in [-0.05, 0) is 78.6 Å². The third kappa shape index (κ3) is 5.37. The van der Waals surface area contributed by atoms with Crippen molar-refractivity contribution in [1.82, 2.24) is 4.98 Å². The van der Waals surface area contributed by atoms with Gasteiger partial charge in [-0.2, -0.15) is 13.2 Å². The van der Waals surface area contributed by atoms with Crippen molar-refractivity contribution in [2.45, 2.75) is 77.1 Å². The van der Waals surface area contributed by atoms with Crippen LogP contribution in [0.25, 0.3) is 11.1 Å². The van der Waals surface area contributed by atoms with E-state index in [-0.39, 0.29) is 17.2 Å². The second kappa shape index (κ2) is 9.75. The molecule has 0 bridgehead atoms. The van der Waals surface area contributed by atoms with Crippen molar-refractivity contribution in [2.24, 2.45) is 5.41 Å². The molecule has 1 saturated carbocycles. The van der Waals surface area contributed by atoms with Crippen LogP contribution in [0.1, 0.15) is 86.1 Å². The molecular weight excluding hydrogens is 480 g/mol. The lowest BCUT2D eigenvalue weighted by Crippen LogP contribution is -2.29. The summed E-state index contributed by atoms with van der Waals surface area (Å²) in [5.74, 6) is -0.0649. The van der Waals surface area contributed by atoms with Gasteiger partial charge in [0.15, 0.2) is 0 Å². The van der Waals surface area contributed by atoms with Gasteiger partial charge in [-0.3, -0.25) is 4.98 Å². The zero-order valence-corrected chi connectivity index (χ0v) is 21.1. The van der Waals surface area contributed by atoms with Crippen LogP contribution >= 0.6 is 0 Å². The predicted octanol–water partition coefficient (Wildman–Crippen LogP) is 8.18. The topological polar surface area (TPSA) is 45.2 Å². The van der Waals surface area contributed by atoms with Crippen LogP contribution in [-0.2, 0) is 19.1 Å². The molecule has 3 aromatic rings. The number of nitrogens with zero attached hydrogens (tertiary/aromatic N) is 1. The van der Waals surface area contributed by atoms with Gasteiger partial charge in [0, 0.05) is 40.7 Å². The Morgan fingerprint density at radius 2 is 1.65 bits per heavy atom. The fraction of sp³-hybridized carbons (Fsp3) is 0.433. The number of hydrogen-bond donors (Lipinski definition) is 2. The number of aliphatic hydroxyl groups is 1. The van der Waals surface area contributed by atoms with E-state index in [0.717, 1.165) is 77.9 Å². The Kier molecular flexibility index (Phi) is 6.77. The largest absolute Gasteiger partial charge is 0.416 e. The van der Waals surface area contributed by atoms with E-state index in [1.54, 1.807) is 12.1 Å². The normalized spacial score (nSPS) is 19.6. The van der Waals surface area contributed by atoms with Crippen LogP contribution in [0.5, 0.6) is 0 Å². The minimum Gasteiger partial charge on any atom is -0.388 e. The quantitative estimate of drug-likeness (QED) is 0.339. The molecule has 0 saturated heterocycles. The molecule has 0 aliphatic heterocycles. The third-order valence-electron chi connectivity index (χ3n) is 7.73. The maximum atomic E-state index is 13.9. The number of alkyl halides is 3. The molecular formula is C30H32F4N2O. The van der Waals surface area contributed by atoms with Gasteiger partial charge in [0.05, 0.1) is 11.7 Å². The Labute approximate surface area is 215 Å². The molecule has 1 unspecified atom stereocenters. The number of fused-ring (bicyclic) bond motifs is 1. The molecule has 2 aliphatic rings. The van der Waals surface area contributed by atoms with Crippen LogP contribution in [0, 0.1) is 11.2 Å². The Hall–Kier alpha value is -2.93. The van der Waals surface area contributed by atoms with Crippen LogP contribution in [0.15, 0.2) is 48.5 Å². The van der Waals surface area contributed by atoms with Gasteiger partial charge in [0.25, 0.3) is 0 Å². The molecule has 0 amide bonds. The Morgan fingerprint density at radius 3 is 2.27 bits per heavy atom. The molecule has 1 aromatic heterocycles. The number of benzene rings is 2. The summed E-state index contributed by atoms with van der Waals surface area (Å²) in [6.45, 7) is 4.60.